The Bertz CT molecular complexity index is 461. The summed E-state index contributed by atoms with van der Waals surface area (Å²) in [7, 11) is 0. The lowest BCUT2D eigenvalue weighted by Crippen LogP contribution is -2.37. The van der Waals surface area contributed by atoms with Gasteiger partial charge in [-0.05, 0) is 12.1 Å². The third-order valence-electron chi connectivity index (χ3n) is 2.78. The van der Waals surface area contributed by atoms with Gasteiger partial charge in [-0.25, -0.2) is 4.98 Å². The maximum atomic E-state index is 12.3. The van der Waals surface area contributed by atoms with Crippen molar-refractivity contribution in [2.45, 2.75) is 12.2 Å². The van der Waals surface area contributed by atoms with Gasteiger partial charge in [0.05, 0.1) is 31.0 Å². The van der Waals surface area contributed by atoms with Crippen LogP contribution in [-0.4, -0.2) is 30.1 Å². The van der Waals surface area contributed by atoms with E-state index in [1.165, 1.54) is 0 Å². The van der Waals surface area contributed by atoms with E-state index < -0.39 is 23.8 Å². The van der Waals surface area contributed by atoms with Crippen molar-refractivity contribution in [3.63, 3.8) is 0 Å². The first kappa shape index (κ1) is 13.8. The Morgan fingerprint density at radius 3 is 2.63 bits per heavy atom. The van der Waals surface area contributed by atoms with Gasteiger partial charge in [-0.15, -0.1) is 0 Å². The number of aromatic nitrogens is 1. The van der Waals surface area contributed by atoms with Crippen LogP contribution < -0.4 is 11.1 Å². The first-order valence-corrected chi connectivity index (χ1v) is 5.55. The van der Waals surface area contributed by atoms with E-state index in [2.05, 4.69) is 10.3 Å². The van der Waals surface area contributed by atoms with Crippen LogP contribution in [0, 0.1) is 5.92 Å². The number of nitrogens with two attached hydrogens (primary N) is 1. The summed E-state index contributed by atoms with van der Waals surface area (Å²) in [6.45, 7) is 0.504. The van der Waals surface area contributed by atoms with Crippen molar-refractivity contribution < 1.29 is 22.7 Å². The second-order valence-corrected chi connectivity index (χ2v) is 4.23. The highest BCUT2D eigenvalue weighted by molar-refractivity contribution is 5.93. The highest BCUT2D eigenvalue weighted by Crippen LogP contribution is 2.27. The maximum absolute atomic E-state index is 12.3. The third-order valence-corrected chi connectivity index (χ3v) is 2.78. The molecule has 1 saturated heterocycles. The quantitative estimate of drug-likeness (QED) is 0.844. The summed E-state index contributed by atoms with van der Waals surface area (Å²) in [5.41, 5.74) is 4.85. The van der Waals surface area contributed by atoms with Gasteiger partial charge >= 0.3 is 6.18 Å². The molecule has 104 valence electrons. The van der Waals surface area contributed by atoms with Crippen molar-refractivity contribution in [2.24, 2.45) is 11.7 Å². The van der Waals surface area contributed by atoms with Gasteiger partial charge < -0.3 is 15.8 Å². The number of carbonyl (C=O) groups excluding carboxylic acids is 1. The molecule has 1 aromatic rings. The fraction of sp³-hybridized carbons (Fsp3) is 0.455. The lowest BCUT2D eigenvalue weighted by atomic mass is 10.0. The topological polar surface area (TPSA) is 77.2 Å². The van der Waals surface area contributed by atoms with E-state index in [0.29, 0.717) is 6.61 Å². The van der Waals surface area contributed by atoms with Crippen LogP contribution in [0.5, 0.6) is 0 Å². The Hall–Kier alpha value is -1.67. The number of ether oxygens (including phenoxy) is 1. The first-order chi connectivity index (χ1) is 8.88. The predicted octanol–water partition coefficient (Wildman–Crippen LogP) is 1.01. The van der Waals surface area contributed by atoms with Gasteiger partial charge in [0, 0.05) is 6.04 Å². The number of rotatable bonds is 2. The van der Waals surface area contributed by atoms with Gasteiger partial charge in [0.1, 0.15) is 5.69 Å². The zero-order chi connectivity index (χ0) is 14.0. The van der Waals surface area contributed by atoms with E-state index in [-0.39, 0.29) is 18.2 Å². The number of anilines is 1. The van der Waals surface area contributed by atoms with Crippen molar-refractivity contribution in [3.05, 3.63) is 24.0 Å². The molecule has 0 radical (unpaired) electrons. The Kier molecular flexibility index (Phi) is 3.72. The zero-order valence-electron chi connectivity index (χ0n) is 9.78. The number of hydrogen-bond donors (Lipinski definition) is 2. The Morgan fingerprint density at radius 1 is 1.42 bits per heavy atom. The highest BCUT2D eigenvalue weighted by atomic mass is 19.4. The minimum absolute atomic E-state index is 0.192. The van der Waals surface area contributed by atoms with Crippen molar-refractivity contribution in [2.75, 3.05) is 18.5 Å². The molecule has 0 bridgehead atoms. The number of hydrogen-bond acceptors (Lipinski definition) is 4. The number of halogens is 3. The number of alkyl halides is 3. The Labute approximate surface area is 106 Å². The number of pyridine rings is 1. The number of nitrogens with one attached hydrogen (secondary N) is 1. The number of carbonyl (C=O) groups is 1. The summed E-state index contributed by atoms with van der Waals surface area (Å²) in [5.74, 6) is -0.881. The summed E-state index contributed by atoms with van der Waals surface area (Å²) in [5, 5.41) is 2.46. The van der Waals surface area contributed by atoms with Crippen molar-refractivity contribution in [1.29, 1.82) is 0 Å². The Morgan fingerprint density at radius 2 is 2.16 bits per heavy atom. The Balaban J connectivity index is 2.02. The summed E-state index contributed by atoms with van der Waals surface area (Å²) >= 11 is 0. The monoisotopic (exact) mass is 275 g/mol. The first-order valence-electron chi connectivity index (χ1n) is 5.55. The molecule has 2 atom stereocenters. The molecule has 5 nitrogen and oxygen atoms in total. The molecule has 1 aliphatic heterocycles. The molecule has 2 heterocycles. The van der Waals surface area contributed by atoms with Crippen LogP contribution in [0.4, 0.5) is 18.9 Å². The molecular formula is C11H12F3N3O2. The van der Waals surface area contributed by atoms with E-state index >= 15 is 0 Å². The zero-order valence-corrected chi connectivity index (χ0v) is 9.78. The summed E-state index contributed by atoms with van der Waals surface area (Å²) < 4.78 is 41.9. The fourth-order valence-corrected chi connectivity index (χ4v) is 1.71. The summed E-state index contributed by atoms with van der Waals surface area (Å²) in [6, 6.07) is 1.55. The molecule has 1 amide bonds. The summed E-state index contributed by atoms with van der Waals surface area (Å²) in [6.07, 6.45) is -3.54. The van der Waals surface area contributed by atoms with Crippen LogP contribution in [-0.2, 0) is 15.7 Å². The third kappa shape index (κ3) is 3.21. The minimum Gasteiger partial charge on any atom is -0.379 e. The average molecular weight is 275 g/mol. The van der Waals surface area contributed by atoms with Crippen LogP contribution in [0.2, 0.25) is 0 Å². The molecule has 8 heteroatoms. The van der Waals surface area contributed by atoms with Crippen LogP contribution in [0.15, 0.2) is 18.3 Å². The number of amides is 1. The van der Waals surface area contributed by atoms with Crippen LogP contribution in [0.3, 0.4) is 0 Å². The molecule has 0 spiro atoms. The average Bonchev–Trinajstić information content (AvgIpc) is 2.75. The van der Waals surface area contributed by atoms with E-state index in [9.17, 15) is 18.0 Å². The molecule has 3 N–H and O–H groups in total. The predicted molar refractivity (Wildman–Crippen MR) is 60.2 cm³/mol. The van der Waals surface area contributed by atoms with E-state index in [1.54, 1.807) is 0 Å². The van der Waals surface area contributed by atoms with Gasteiger partial charge in [0.2, 0.25) is 5.91 Å². The smallest absolute Gasteiger partial charge is 0.379 e. The SMILES string of the molecule is NC1COCC1C(=O)Nc1ccc(C(F)(F)F)nc1. The van der Waals surface area contributed by atoms with E-state index in [1.807, 2.05) is 0 Å². The van der Waals surface area contributed by atoms with E-state index in [4.69, 9.17) is 10.5 Å². The molecule has 1 fully saturated rings. The van der Waals surface area contributed by atoms with Crippen LogP contribution in [0.25, 0.3) is 0 Å². The van der Waals surface area contributed by atoms with E-state index in [0.717, 1.165) is 18.3 Å². The molecule has 19 heavy (non-hydrogen) atoms. The van der Waals surface area contributed by atoms with Gasteiger partial charge in [0.25, 0.3) is 0 Å². The molecule has 1 aromatic heterocycles. The molecule has 1 aliphatic rings. The van der Waals surface area contributed by atoms with Crippen molar-refractivity contribution in [3.8, 4) is 0 Å². The van der Waals surface area contributed by atoms with Gasteiger partial charge in [-0.1, -0.05) is 0 Å². The van der Waals surface area contributed by atoms with Gasteiger partial charge in [0.15, 0.2) is 0 Å². The molecule has 0 aliphatic carbocycles. The largest absolute Gasteiger partial charge is 0.433 e. The van der Waals surface area contributed by atoms with Crippen molar-refractivity contribution in [1.82, 2.24) is 4.98 Å². The lowest BCUT2D eigenvalue weighted by Gasteiger charge is -2.13. The normalized spacial score (nSPS) is 23.4. The molecule has 0 aromatic carbocycles. The fourth-order valence-electron chi connectivity index (χ4n) is 1.71. The molecular weight excluding hydrogens is 263 g/mol. The highest BCUT2D eigenvalue weighted by Gasteiger charge is 2.33. The second kappa shape index (κ2) is 5.14. The lowest BCUT2D eigenvalue weighted by molar-refractivity contribution is -0.141. The minimum atomic E-state index is -4.50. The van der Waals surface area contributed by atoms with Crippen LogP contribution >= 0.6 is 0 Å². The molecule has 0 saturated carbocycles. The second-order valence-electron chi connectivity index (χ2n) is 4.23. The van der Waals surface area contributed by atoms with Crippen molar-refractivity contribution >= 4 is 11.6 Å². The molecule has 2 unspecified atom stereocenters. The number of nitrogens with zero attached hydrogens (tertiary/aromatic N) is 1. The van der Waals surface area contributed by atoms with Gasteiger partial charge in [-0.3, -0.25) is 4.79 Å². The summed E-state index contributed by atoms with van der Waals surface area (Å²) in [4.78, 5) is 15.0. The van der Waals surface area contributed by atoms with Gasteiger partial charge in [-0.2, -0.15) is 13.2 Å². The standard InChI is InChI=1S/C11H12F3N3O2/c12-11(13,14)9-2-1-6(3-16-9)17-10(18)7-4-19-5-8(7)15/h1-3,7-8H,4-5,15H2,(H,17,18). The maximum Gasteiger partial charge on any atom is 0.433 e. The molecule has 2 rings (SSSR count). The van der Waals surface area contributed by atoms with Crippen LogP contribution in [0.1, 0.15) is 5.69 Å².